The average molecular weight is 386 g/mol. The third-order valence-electron chi connectivity index (χ3n) is 3.41. The first kappa shape index (κ1) is 17.2. The second kappa shape index (κ2) is 6.38. The first-order valence-corrected chi connectivity index (χ1v) is 7.43. The molecule has 0 N–H and O–H groups in total. The highest BCUT2D eigenvalue weighted by atomic mass is 35.5. The van der Waals surface area contributed by atoms with Gasteiger partial charge in [-0.05, 0) is 18.2 Å². The molecule has 0 fully saturated rings. The Hall–Kier alpha value is -2.58. The van der Waals surface area contributed by atoms with Crippen LogP contribution in [0.1, 0.15) is 0 Å². The predicted molar refractivity (Wildman–Crippen MR) is 88.1 cm³/mol. The first-order chi connectivity index (χ1) is 11.8. The summed E-state index contributed by atoms with van der Waals surface area (Å²) in [5.41, 5.74) is -1.41. The summed E-state index contributed by atoms with van der Waals surface area (Å²) in [7, 11) is 1.30. The van der Waals surface area contributed by atoms with E-state index in [2.05, 4.69) is 9.97 Å². The standard InChI is InChI=1S/C15H7Cl2F2N3O3/c1-25-9-4-2-3-7(18)10(9)12-8(19)5-6-11(16)13(22(23)24)14(17)21-15(6)20-12/h2-5H,1H3. The van der Waals surface area contributed by atoms with Crippen LogP contribution in [-0.2, 0) is 0 Å². The summed E-state index contributed by atoms with van der Waals surface area (Å²) < 4.78 is 33.8. The van der Waals surface area contributed by atoms with Crippen molar-refractivity contribution in [2.75, 3.05) is 7.11 Å². The number of hydrogen-bond donors (Lipinski definition) is 0. The molecule has 0 bridgehead atoms. The molecule has 0 spiro atoms. The summed E-state index contributed by atoms with van der Waals surface area (Å²) in [5.74, 6) is -1.65. The average Bonchev–Trinajstić information content (AvgIpc) is 2.55. The van der Waals surface area contributed by atoms with Gasteiger partial charge >= 0.3 is 5.69 Å². The number of nitrogens with zero attached hydrogens (tertiary/aromatic N) is 3. The van der Waals surface area contributed by atoms with Gasteiger partial charge in [-0.25, -0.2) is 18.7 Å². The van der Waals surface area contributed by atoms with Crippen LogP contribution < -0.4 is 4.74 Å². The minimum atomic E-state index is -0.948. The number of nitro groups is 1. The zero-order chi connectivity index (χ0) is 18.3. The molecule has 0 amide bonds. The molecule has 0 aliphatic carbocycles. The lowest BCUT2D eigenvalue weighted by Crippen LogP contribution is -2.00. The molecule has 6 nitrogen and oxygen atoms in total. The molecule has 0 atom stereocenters. The molecule has 2 heterocycles. The van der Waals surface area contributed by atoms with E-state index in [4.69, 9.17) is 27.9 Å². The molecule has 0 radical (unpaired) electrons. The van der Waals surface area contributed by atoms with Crippen LogP contribution in [0, 0.1) is 21.7 Å². The van der Waals surface area contributed by atoms with Crippen molar-refractivity contribution in [1.29, 1.82) is 0 Å². The Labute approximate surface area is 149 Å². The Morgan fingerprint density at radius 3 is 2.56 bits per heavy atom. The molecule has 3 rings (SSSR count). The fourth-order valence-corrected chi connectivity index (χ4v) is 2.91. The number of rotatable bonds is 3. The van der Waals surface area contributed by atoms with Crippen molar-refractivity contribution < 1.29 is 18.4 Å². The van der Waals surface area contributed by atoms with Gasteiger partial charge in [0.1, 0.15) is 22.3 Å². The SMILES string of the molecule is COc1cccc(F)c1-c1nc2nc(Cl)c([N+](=O)[O-])c(Cl)c2cc1F. The number of benzene rings is 1. The van der Waals surface area contributed by atoms with E-state index in [1.807, 2.05) is 0 Å². The maximum atomic E-state index is 14.5. The molecule has 10 heteroatoms. The molecule has 0 aliphatic heterocycles. The first-order valence-electron chi connectivity index (χ1n) is 6.67. The largest absolute Gasteiger partial charge is 0.496 e. The van der Waals surface area contributed by atoms with Gasteiger partial charge in [0, 0.05) is 5.39 Å². The molecule has 3 aromatic rings. The number of ether oxygens (including phenoxy) is 1. The topological polar surface area (TPSA) is 78.2 Å². The number of methoxy groups -OCH3 is 1. The monoisotopic (exact) mass is 385 g/mol. The summed E-state index contributed by atoms with van der Waals surface area (Å²) in [6, 6.07) is 4.84. The Morgan fingerprint density at radius 2 is 1.92 bits per heavy atom. The molecule has 0 aliphatic rings. The van der Waals surface area contributed by atoms with Gasteiger partial charge in [-0.3, -0.25) is 10.1 Å². The quantitative estimate of drug-likeness (QED) is 0.367. The van der Waals surface area contributed by atoms with Crippen LogP contribution in [-0.4, -0.2) is 22.0 Å². The summed E-state index contributed by atoms with van der Waals surface area (Å²) in [5, 5.41) is 9.98. The molecular formula is C15H7Cl2F2N3O3. The van der Waals surface area contributed by atoms with E-state index in [9.17, 15) is 18.9 Å². The lowest BCUT2D eigenvalue weighted by atomic mass is 10.1. The molecule has 0 saturated heterocycles. The van der Waals surface area contributed by atoms with E-state index >= 15 is 0 Å². The van der Waals surface area contributed by atoms with Crippen molar-refractivity contribution >= 4 is 39.9 Å². The van der Waals surface area contributed by atoms with Crippen molar-refractivity contribution in [2.45, 2.75) is 0 Å². The molecule has 2 aromatic heterocycles. The van der Waals surface area contributed by atoms with Crippen LogP contribution in [0.3, 0.4) is 0 Å². The highest BCUT2D eigenvalue weighted by Crippen LogP contribution is 2.39. The molecule has 25 heavy (non-hydrogen) atoms. The molecule has 0 saturated carbocycles. The van der Waals surface area contributed by atoms with E-state index in [0.717, 1.165) is 12.1 Å². The zero-order valence-electron chi connectivity index (χ0n) is 12.4. The number of pyridine rings is 2. The van der Waals surface area contributed by atoms with Crippen molar-refractivity contribution in [3.05, 3.63) is 56.2 Å². The Bertz CT molecular complexity index is 1030. The van der Waals surface area contributed by atoms with Crippen molar-refractivity contribution in [2.24, 2.45) is 0 Å². The van der Waals surface area contributed by atoms with Gasteiger partial charge in [-0.2, -0.15) is 0 Å². The van der Waals surface area contributed by atoms with Crippen molar-refractivity contribution in [3.63, 3.8) is 0 Å². The molecular weight excluding hydrogens is 379 g/mol. The second-order valence-electron chi connectivity index (χ2n) is 4.83. The van der Waals surface area contributed by atoms with E-state index < -0.39 is 32.4 Å². The van der Waals surface area contributed by atoms with Crippen LogP contribution >= 0.6 is 23.2 Å². The number of hydrogen-bond acceptors (Lipinski definition) is 5. The third-order valence-corrected chi connectivity index (χ3v) is 4.06. The summed E-state index contributed by atoms with van der Waals surface area (Å²) in [6.45, 7) is 0. The van der Waals surface area contributed by atoms with Crippen molar-refractivity contribution in [1.82, 2.24) is 9.97 Å². The molecule has 0 unspecified atom stereocenters. The van der Waals surface area contributed by atoms with Crippen LogP contribution in [0.25, 0.3) is 22.3 Å². The zero-order valence-corrected chi connectivity index (χ0v) is 13.9. The van der Waals surface area contributed by atoms with Gasteiger partial charge in [0.25, 0.3) is 0 Å². The minimum absolute atomic E-state index is 0.0601. The van der Waals surface area contributed by atoms with Gasteiger partial charge in [-0.1, -0.05) is 29.3 Å². The van der Waals surface area contributed by atoms with Gasteiger partial charge < -0.3 is 4.74 Å². The van der Waals surface area contributed by atoms with Gasteiger partial charge in [-0.15, -0.1) is 0 Å². The summed E-state index contributed by atoms with van der Waals surface area (Å²) in [6.07, 6.45) is 0. The Kier molecular flexibility index (Phi) is 4.40. The maximum absolute atomic E-state index is 14.5. The Morgan fingerprint density at radius 1 is 1.20 bits per heavy atom. The van der Waals surface area contributed by atoms with E-state index in [-0.39, 0.29) is 28.0 Å². The van der Waals surface area contributed by atoms with Crippen LogP contribution in [0.4, 0.5) is 14.5 Å². The highest BCUT2D eigenvalue weighted by Gasteiger charge is 2.26. The summed E-state index contributed by atoms with van der Waals surface area (Å²) in [4.78, 5) is 17.9. The fraction of sp³-hybridized carbons (Fsp3) is 0.0667. The lowest BCUT2D eigenvalue weighted by molar-refractivity contribution is -0.384. The lowest BCUT2D eigenvalue weighted by Gasteiger charge is -2.11. The van der Waals surface area contributed by atoms with Crippen molar-refractivity contribution in [3.8, 4) is 17.0 Å². The Balaban J connectivity index is 2.36. The predicted octanol–water partition coefficient (Wildman–Crippen LogP) is 4.80. The smallest absolute Gasteiger partial charge is 0.325 e. The number of aromatic nitrogens is 2. The van der Waals surface area contributed by atoms with E-state index in [0.29, 0.717) is 0 Å². The van der Waals surface area contributed by atoms with Crippen LogP contribution in [0.2, 0.25) is 10.2 Å². The third kappa shape index (κ3) is 2.83. The van der Waals surface area contributed by atoms with Gasteiger partial charge in [0.2, 0.25) is 5.15 Å². The van der Waals surface area contributed by atoms with E-state index in [1.165, 1.54) is 19.2 Å². The summed E-state index contributed by atoms with van der Waals surface area (Å²) >= 11 is 11.7. The van der Waals surface area contributed by atoms with Crippen LogP contribution in [0.15, 0.2) is 24.3 Å². The number of fused-ring (bicyclic) bond motifs is 1. The maximum Gasteiger partial charge on any atom is 0.325 e. The highest BCUT2D eigenvalue weighted by molar-refractivity contribution is 6.41. The van der Waals surface area contributed by atoms with Gasteiger partial charge in [0.15, 0.2) is 11.5 Å². The number of halogens is 4. The van der Waals surface area contributed by atoms with Crippen LogP contribution in [0.5, 0.6) is 5.75 Å². The molecule has 1 aromatic carbocycles. The second-order valence-corrected chi connectivity index (χ2v) is 5.57. The molecule has 128 valence electrons. The van der Waals surface area contributed by atoms with Gasteiger partial charge in [0.05, 0.1) is 17.6 Å². The fourth-order valence-electron chi connectivity index (χ4n) is 2.33. The van der Waals surface area contributed by atoms with E-state index in [1.54, 1.807) is 0 Å². The minimum Gasteiger partial charge on any atom is -0.496 e. The normalized spacial score (nSPS) is 10.9.